The fourth-order valence-corrected chi connectivity index (χ4v) is 5.55. The van der Waals surface area contributed by atoms with Crippen molar-refractivity contribution in [2.45, 2.75) is 43.4 Å². The van der Waals surface area contributed by atoms with Crippen molar-refractivity contribution in [3.05, 3.63) is 102 Å². The first-order chi connectivity index (χ1) is 15.8. The van der Waals surface area contributed by atoms with E-state index in [1.807, 2.05) is 12.1 Å². The van der Waals surface area contributed by atoms with Crippen molar-refractivity contribution in [3.8, 4) is 11.5 Å². The molecule has 1 aliphatic carbocycles. The third-order valence-corrected chi connectivity index (χ3v) is 7.24. The number of hydrogen-bond acceptors (Lipinski definition) is 4. The van der Waals surface area contributed by atoms with Gasteiger partial charge in [-0.3, -0.25) is 0 Å². The zero-order valence-electron chi connectivity index (χ0n) is 18.3. The minimum absolute atomic E-state index is 0.148. The Kier molecular flexibility index (Phi) is 4.69. The van der Waals surface area contributed by atoms with Crippen molar-refractivity contribution >= 4 is 5.70 Å². The van der Waals surface area contributed by atoms with Crippen LogP contribution in [-0.4, -0.2) is 17.8 Å². The van der Waals surface area contributed by atoms with Crippen molar-refractivity contribution in [1.82, 2.24) is 10.4 Å². The van der Waals surface area contributed by atoms with E-state index < -0.39 is 0 Å². The Balaban J connectivity index is 1.33. The largest absolute Gasteiger partial charge is 0.497 e. The molecule has 3 aliphatic rings. The fraction of sp³-hybridized carbons (Fsp3) is 0.286. The van der Waals surface area contributed by atoms with E-state index in [-0.39, 0.29) is 11.8 Å². The Bertz CT molecular complexity index is 1150. The van der Waals surface area contributed by atoms with Crippen molar-refractivity contribution in [2.75, 3.05) is 7.11 Å². The van der Waals surface area contributed by atoms with Gasteiger partial charge in [-0.15, -0.1) is 0 Å². The first-order valence-electron chi connectivity index (χ1n) is 11.5. The van der Waals surface area contributed by atoms with Gasteiger partial charge in [-0.1, -0.05) is 60.7 Å². The molecule has 0 unspecified atom stereocenters. The lowest BCUT2D eigenvalue weighted by atomic mass is 9.78. The molecule has 0 radical (unpaired) electrons. The molecule has 1 saturated carbocycles. The summed E-state index contributed by atoms with van der Waals surface area (Å²) in [6.45, 7) is 0. The predicted molar refractivity (Wildman–Crippen MR) is 126 cm³/mol. The summed E-state index contributed by atoms with van der Waals surface area (Å²) in [7, 11) is 1.71. The van der Waals surface area contributed by atoms with Crippen LogP contribution in [0.25, 0.3) is 5.70 Å². The van der Waals surface area contributed by atoms with Gasteiger partial charge in [0.05, 0.1) is 18.8 Å². The molecular weight excluding hydrogens is 396 g/mol. The maximum absolute atomic E-state index is 6.79. The summed E-state index contributed by atoms with van der Waals surface area (Å²) in [5.41, 5.74) is 8.28. The molecular formula is C28H28N2O2. The van der Waals surface area contributed by atoms with Crippen molar-refractivity contribution in [2.24, 2.45) is 0 Å². The molecule has 1 spiro atoms. The maximum atomic E-state index is 6.79. The van der Waals surface area contributed by atoms with Gasteiger partial charge in [-0.2, -0.15) is 5.01 Å². The highest BCUT2D eigenvalue weighted by molar-refractivity contribution is 5.68. The SMILES string of the molecule is COc1cccc(C2=C[C@H]3c4ccccc4OC4(CCC(c5ccccc5)CC4)N3N2)c1. The van der Waals surface area contributed by atoms with Crippen molar-refractivity contribution in [1.29, 1.82) is 0 Å². The number of fused-ring (bicyclic) bond motifs is 4. The smallest absolute Gasteiger partial charge is 0.180 e. The summed E-state index contributed by atoms with van der Waals surface area (Å²) in [5, 5.41) is 2.37. The van der Waals surface area contributed by atoms with E-state index in [9.17, 15) is 0 Å². The lowest BCUT2D eigenvalue weighted by Crippen LogP contribution is -2.60. The van der Waals surface area contributed by atoms with Crippen LogP contribution in [0.4, 0.5) is 0 Å². The summed E-state index contributed by atoms with van der Waals surface area (Å²) in [6.07, 6.45) is 6.55. The molecule has 0 amide bonds. The molecule has 4 heteroatoms. The van der Waals surface area contributed by atoms with E-state index in [4.69, 9.17) is 9.47 Å². The third kappa shape index (κ3) is 3.18. The molecule has 1 fully saturated rings. The van der Waals surface area contributed by atoms with E-state index in [2.05, 4.69) is 83.2 Å². The van der Waals surface area contributed by atoms with Crippen LogP contribution in [0.15, 0.2) is 84.9 Å². The fourth-order valence-electron chi connectivity index (χ4n) is 5.55. The van der Waals surface area contributed by atoms with Gasteiger partial charge in [0.2, 0.25) is 0 Å². The van der Waals surface area contributed by atoms with Gasteiger partial charge in [0, 0.05) is 24.0 Å². The highest BCUT2D eigenvalue weighted by Gasteiger charge is 2.51. The number of hydrogen-bond donors (Lipinski definition) is 1. The molecule has 0 saturated heterocycles. The second kappa shape index (κ2) is 7.72. The van der Waals surface area contributed by atoms with Gasteiger partial charge < -0.3 is 14.9 Å². The van der Waals surface area contributed by atoms with Crippen molar-refractivity contribution in [3.63, 3.8) is 0 Å². The van der Waals surface area contributed by atoms with Gasteiger partial charge in [-0.05, 0) is 48.6 Å². The molecule has 2 aliphatic heterocycles. The summed E-state index contributed by atoms with van der Waals surface area (Å²) >= 11 is 0. The van der Waals surface area contributed by atoms with Gasteiger partial charge in [0.25, 0.3) is 0 Å². The zero-order chi connectivity index (χ0) is 21.5. The molecule has 1 N–H and O–H groups in total. The number of methoxy groups -OCH3 is 1. The minimum atomic E-state index is -0.346. The number of ether oxygens (including phenoxy) is 2. The number of nitrogens with zero attached hydrogens (tertiary/aromatic N) is 1. The predicted octanol–water partition coefficient (Wildman–Crippen LogP) is 6.04. The molecule has 4 nitrogen and oxygen atoms in total. The first-order valence-corrected chi connectivity index (χ1v) is 11.5. The Labute approximate surface area is 189 Å². The average Bonchev–Trinajstić information content (AvgIpc) is 3.32. The normalized spacial score (nSPS) is 26.5. The van der Waals surface area contributed by atoms with Gasteiger partial charge in [0.1, 0.15) is 11.5 Å². The minimum Gasteiger partial charge on any atom is -0.497 e. The average molecular weight is 425 g/mol. The van der Waals surface area contributed by atoms with Crippen LogP contribution in [0.3, 0.4) is 0 Å². The number of nitrogens with one attached hydrogen (secondary N) is 1. The van der Waals surface area contributed by atoms with Crippen LogP contribution in [0.1, 0.15) is 54.3 Å². The van der Waals surface area contributed by atoms with Crippen molar-refractivity contribution < 1.29 is 9.47 Å². The van der Waals surface area contributed by atoms with E-state index in [1.165, 1.54) is 11.1 Å². The topological polar surface area (TPSA) is 33.7 Å². The summed E-state index contributed by atoms with van der Waals surface area (Å²) in [6, 6.07) is 27.8. The van der Waals surface area contributed by atoms with Crippen LogP contribution in [-0.2, 0) is 0 Å². The van der Waals surface area contributed by atoms with E-state index in [1.54, 1.807) is 7.11 Å². The second-order valence-corrected chi connectivity index (χ2v) is 9.01. The first kappa shape index (κ1) is 19.4. The maximum Gasteiger partial charge on any atom is 0.180 e. The molecule has 162 valence electrons. The standard InChI is InChI=1S/C28H28N2O2/c1-31-23-11-7-10-22(18-23)25-19-26-24-12-5-6-13-27(24)32-28(30(26)29-25)16-14-21(15-17-28)20-8-3-2-4-9-20/h2-13,18-19,21,26,29H,14-17H2,1H3/t21?,26-,28?/m0/s1. The number of benzene rings is 3. The highest BCUT2D eigenvalue weighted by atomic mass is 16.5. The zero-order valence-corrected chi connectivity index (χ0v) is 18.3. The molecule has 1 atom stereocenters. The quantitative estimate of drug-likeness (QED) is 0.555. The number of hydrazine groups is 1. The van der Waals surface area contributed by atoms with Crippen LogP contribution >= 0.6 is 0 Å². The molecule has 6 rings (SSSR count). The Morgan fingerprint density at radius 3 is 2.53 bits per heavy atom. The Morgan fingerprint density at radius 1 is 0.938 bits per heavy atom. The Hall–Kier alpha value is -3.24. The van der Waals surface area contributed by atoms with E-state index >= 15 is 0 Å². The monoisotopic (exact) mass is 424 g/mol. The molecule has 0 aromatic heterocycles. The number of para-hydroxylation sites is 1. The molecule has 32 heavy (non-hydrogen) atoms. The van der Waals surface area contributed by atoms with E-state index in [0.717, 1.165) is 48.4 Å². The van der Waals surface area contributed by atoms with Gasteiger partial charge in [-0.25, -0.2) is 0 Å². The summed E-state index contributed by atoms with van der Waals surface area (Å²) in [4.78, 5) is 0. The van der Waals surface area contributed by atoms with Gasteiger partial charge in [0.15, 0.2) is 5.72 Å². The second-order valence-electron chi connectivity index (χ2n) is 9.01. The summed E-state index contributed by atoms with van der Waals surface area (Å²) in [5.74, 6) is 2.47. The molecule has 3 aromatic carbocycles. The molecule has 0 bridgehead atoms. The summed E-state index contributed by atoms with van der Waals surface area (Å²) < 4.78 is 12.3. The van der Waals surface area contributed by atoms with Crippen LogP contribution in [0.5, 0.6) is 11.5 Å². The lowest BCUT2D eigenvalue weighted by molar-refractivity contribution is -0.152. The number of rotatable bonds is 3. The van der Waals surface area contributed by atoms with E-state index in [0.29, 0.717) is 5.92 Å². The molecule has 3 aromatic rings. The molecule has 2 heterocycles. The lowest BCUT2D eigenvalue weighted by Gasteiger charge is -2.51. The third-order valence-electron chi connectivity index (χ3n) is 7.24. The Morgan fingerprint density at radius 2 is 1.72 bits per heavy atom. The van der Waals surface area contributed by atoms with Crippen LogP contribution < -0.4 is 14.9 Å². The highest BCUT2D eigenvalue weighted by Crippen LogP contribution is 2.51. The van der Waals surface area contributed by atoms with Crippen LogP contribution in [0, 0.1) is 0 Å². The van der Waals surface area contributed by atoms with Gasteiger partial charge >= 0.3 is 0 Å². The van der Waals surface area contributed by atoms with Crippen LogP contribution in [0.2, 0.25) is 0 Å².